The van der Waals surface area contributed by atoms with Crippen molar-refractivity contribution < 1.29 is 0 Å². The highest BCUT2D eigenvalue weighted by Gasteiger charge is 2.06. The third-order valence-electron chi connectivity index (χ3n) is 2.55. The van der Waals surface area contributed by atoms with Gasteiger partial charge in [0.15, 0.2) is 5.13 Å². The van der Waals surface area contributed by atoms with Gasteiger partial charge in [0.05, 0.1) is 10.7 Å². The molecule has 2 aromatic heterocycles. The van der Waals surface area contributed by atoms with Gasteiger partial charge in [0, 0.05) is 25.2 Å². The van der Waals surface area contributed by atoms with Gasteiger partial charge in [-0.2, -0.15) is 0 Å². The molecule has 2 aromatic rings. The Morgan fingerprint density at radius 1 is 1.22 bits per heavy atom. The third-order valence-corrected chi connectivity index (χ3v) is 3.97. The molecule has 96 valence electrons. The first kappa shape index (κ1) is 13.1. The number of aromatic nitrogens is 2. The average Bonchev–Trinajstić information content (AvgIpc) is 2.86. The zero-order valence-electron chi connectivity index (χ0n) is 10.3. The number of pyridine rings is 1. The first-order chi connectivity index (χ1) is 8.72. The Morgan fingerprint density at radius 2 is 2.06 bits per heavy atom. The van der Waals surface area contributed by atoms with Crippen molar-refractivity contribution in [1.82, 2.24) is 9.97 Å². The van der Waals surface area contributed by atoms with Gasteiger partial charge in [0.1, 0.15) is 5.82 Å². The van der Waals surface area contributed by atoms with E-state index in [2.05, 4.69) is 20.6 Å². The van der Waals surface area contributed by atoms with Gasteiger partial charge in [0.2, 0.25) is 0 Å². The molecular formula is C12H15ClN4S. The SMILES string of the molecule is CNc1ccc(Cl)c(CCc2cnc(NC)s2)n1. The third kappa shape index (κ3) is 3.11. The van der Waals surface area contributed by atoms with Crippen LogP contribution in [0.4, 0.5) is 10.9 Å². The van der Waals surface area contributed by atoms with Crippen LogP contribution in [0.2, 0.25) is 5.02 Å². The second kappa shape index (κ2) is 6.02. The molecule has 18 heavy (non-hydrogen) atoms. The molecule has 0 bridgehead atoms. The Balaban J connectivity index is 2.05. The summed E-state index contributed by atoms with van der Waals surface area (Å²) in [4.78, 5) is 9.93. The van der Waals surface area contributed by atoms with Gasteiger partial charge in [-0.1, -0.05) is 11.6 Å². The van der Waals surface area contributed by atoms with E-state index in [1.807, 2.05) is 32.4 Å². The lowest BCUT2D eigenvalue weighted by Gasteiger charge is -2.05. The number of anilines is 2. The maximum atomic E-state index is 6.14. The van der Waals surface area contributed by atoms with Crippen molar-refractivity contribution in [3.05, 3.63) is 33.9 Å². The number of aryl methyl sites for hydroxylation is 2. The van der Waals surface area contributed by atoms with E-state index in [9.17, 15) is 0 Å². The van der Waals surface area contributed by atoms with Crippen molar-refractivity contribution >= 4 is 33.9 Å². The molecule has 4 nitrogen and oxygen atoms in total. The van der Waals surface area contributed by atoms with Crippen molar-refractivity contribution in [2.45, 2.75) is 12.8 Å². The first-order valence-corrected chi connectivity index (χ1v) is 6.88. The number of rotatable bonds is 5. The van der Waals surface area contributed by atoms with Crippen molar-refractivity contribution in [2.75, 3.05) is 24.7 Å². The molecule has 0 saturated heterocycles. The van der Waals surface area contributed by atoms with E-state index in [1.165, 1.54) is 4.88 Å². The summed E-state index contributed by atoms with van der Waals surface area (Å²) >= 11 is 7.80. The molecule has 0 aliphatic carbocycles. The fourth-order valence-electron chi connectivity index (χ4n) is 1.58. The van der Waals surface area contributed by atoms with Gasteiger partial charge in [-0.05, 0) is 25.0 Å². The predicted octanol–water partition coefficient (Wildman–Crippen LogP) is 3.06. The number of halogens is 1. The Morgan fingerprint density at radius 3 is 2.72 bits per heavy atom. The predicted molar refractivity (Wildman–Crippen MR) is 77.9 cm³/mol. The van der Waals surface area contributed by atoms with E-state index < -0.39 is 0 Å². The molecule has 0 amide bonds. The maximum absolute atomic E-state index is 6.14. The Kier molecular flexibility index (Phi) is 4.38. The zero-order chi connectivity index (χ0) is 13.0. The molecule has 0 aromatic carbocycles. The van der Waals surface area contributed by atoms with E-state index in [0.29, 0.717) is 5.02 Å². The highest BCUT2D eigenvalue weighted by Crippen LogP contribution is 2.22. The molecular weight excluding hydrogens is 268 g/mol. The minimum absolute atomic E-state index is 0.715. The molecule has 0 unspecified atom stereocenters. The second-order valence-electron chi connectivity index (χ2n) is 3.76. The smallest absolute Gasteiger partial charge is 0.182 e. The highest BCUT2D eigenvalue weighted by atomic mass is 35.5. The average molecular weight is 283 g/mol. The molecule has 0 saturated carbocycles. The second-order valence-corrected chi connectivity index (χ2v) is 5.28. The van der Waals surface area contributed by atoms with Crippen LogP contribution in [0.1, 0.15) is 10.6 Å². The van der Waals surface area contributed by atoms with Crippen LogP contribution in [0.3, 0.4) is 0 Å². The van der Waals surface area contributed by atoms with Gasteiger partial charge < -0.3 is 10.6 Å². The lowest BCUT2D eigenvalue weighted by atomic mass is 10.2. The molecule has 6 heteroatoms. The monoisotopic (exact) mass is 282 g/mol. The van der Waals surface area contributed by atoms with Gasteiger partial charge in [0.25, 0.3) is 0 Å². The summed E-state index contributed by atoms with van der Waals surface area (Å²) in [5.41, 5.74) is 0.919. The summed E-state index contributed by atoms with van der Waals surface area (Å²) in [6.45, 7) is 0. The number of nitrogens with zero attached hydrogens (tertiary/aromatic N) is 2. The minimum Gasteiger partial charge on any atom is -0.373 e. The molecule has 0 radical (unpaired) electrons. The lowest BCUT2D eigenvalue weighted by molar-refractivity contribution is 0.927. The molecule has 0 aliphatic rings. The number of hydrogen-bond acceptors (Lipinski definition) is 5. The molecule has 0 fully saturated rings. The summed E-state index contributed by atoms with van der Waals surface area (Å²) in [6.07, 6.45) is 3.62. The van der Waals surface area contributed by atoms with Gasteiger partial charge in [-0.15, -0.1) is 11.3 Å². The Bertz CT molecular complexity index is 527. The van der Waals surface area contributed by atoms with Crippen LogP contribution < -0.4 is 10.6 Å². The molecule has 2 rings (SSSR count). The normalized spacial score (nSPS) is 10.4. The largest absolute Gasteiger partial charge is 0.373 e. The van der Waals surface area contributed by atoms with Crippen LogP contribution in [-0.2, 0) is 12.8 Å². The topological polar surface area (TPSA) is 49.8 Å². The summed E-state index contributed by atoms with van der Waals surface area (Å²) in [6, 6.07) is 3.75. The van der Waals surface area contributed by atoms with Gasteiger partial charge >= 0.3 is 0 Å². The molecule has 2 heterocycles. The van der Waals surface area contributed by atoms with Crippen LogP contribution in [-0.4, -0.2) is 24.1 Å². The molecule has 2 N–H and O–H groups in total. The van der Waals surface area contributed by atoms with Crippen molar-refractivity contribution in [1.29, 1.82) is 0 Å². The quantitative estimate of drug-likeness (QED) is 0.885. The number of nitrogens with one attached hydrogen (secondary N) is 2. The standard InChI is InChI=1S/C12H15ClN4S/c1-14-11-6-4-9(13)10(17-11)5-3-8-7-16-12(15-2)18-8/h4,6-7H,3,5H2,1-2H3,(H,14,17)(H,15,16). The van der Waals surface area contributed by atoms with Crippen molar-refractivity contribution in [3.8, 4) is 0 Å². The number of thiazole rings is 1. The highest BCUT2D eigenvalue weighted by molar-refractivity contribution is 7.15. The van der Waals surface area contributed by atoms with Crippen LogP contribution in [0.25, 0.3) is 0 Å². The molecule has 0 spiro atoms. The van der Waals surface area contributed by atoms with Crippen LogP contribution in [0.15, 0.2) is 18.3 Å². The van der Waals surface area contributed by atoms with E-state index in [0.717, 1.165) is 29.5 Å². The molecule has 0 atom stereocenters. The van der Waals surface area contributed by atoms with Crippen LogP contribution >= 0.6 is 22.9 Å². The van der Waals surface area contributed by atoms with E-state index in [-0.39, 0.29) is 0 Å². The van der Waals surface area contributed by atoms with Gasteiger partial charge in [-0.3, -0.25) is 0 Å². The van der Waals surface area contributed by atoms with E-state index in [1.54, 1.807) is 11.3 Å². The zero-order valence-corrected chi connectivity index (χ0v) is 11.9. The van der Waals surface area contributed by atoms with Crippen molar-refractivity contribution in [2.24, 2.45) is 0 Å². The van der Waals surface area contributed by atoms with E-state index >= 15 is 0 Å². The summed E-state index contributed by atoms with van der Waals surface area (Å²) < 4.78 is 0. The van der Waals surface area contributed by atoms with E-state index in [4.69, 9.17) is 11.6 Å². The Labute approximate surface area is 115 Å². The van der Waals surface area contributed by atoms with Crippen LogP contribution in [0.5, 0.6) is 0 Å². The van der Waals surface area contributed by atoms with Crippen molar-refractivity contribution in [3.63, 3.8) is 0 Å². The summed E-state index contributed by atoms with van der Waals surface area (Å²) in [5, 5.41) is 7.70. The Hall–Kier alpha value is -1.33. The summed E-state index contributed by atoms with van der Waals surface area (Å²) in [7, 11) is 3.72. The van der Waals surface area contributed by atoms with Crippen LogP contribution in [0, 0.1) is 0 Å². The minimum atomic E-state index is 0.715. The fourth-order valence-corrected chi connectivity index (χ4v) is 2.54. The lowest BCUT2D eigenvalue weighted by Crippen LogP contribution is -1.99. The fraction of sp³-hybridized carbons (Fsp3) is 0.333. The first-order valence-electron chi connectivity index (χ1n) is 5.68. The summed E-state index contributed by atoms with van der Waals surface area (Å²) in [5.74, 6) is 0.842. The maximum Gasteiger partial charge on any atom is 0.182 e. The molecule has 0 aliphatic heterocycles. The number of hydrogen-bond donors (Lipinski definition) is 2. The van der Waals surface area contributed by atoms with Gasteiger partial charge in [-0.25, -0.2) is 9.97 Å².